The van der Waals surface area contributed by atoms with Crippen molar-refractivity contribution in [3.05, 3.63) is 74.6 Å². The highest BCUT2D eigenvalue weighted by Crippen LogP contribution is 2.45. The second-order valence-corrected chi connectivity index (χ2v) is 14.2. The molecule has 6 rings (SSSR count). The van der Waals surface area contributed by atoms with Gasteiger partial charge in [-0.3, -0.25) is 18.8 Å². The third kappa shape index (κ3) is 5.65. The van der Waals surface area contributed by atoms with E-state index in [9.17, 15) is 18.0 Å². The molecule has 4 atom stereocenters. The van der Waals surface area contributed by atoms with Crippen LogP contribution in [0.15, 0.2) is 41.5 Å². The van der Waals surface area contributed by atoms with Crippen LogP contribution in [-0.4, -0.2) is 57.0 Å². The maximum Gasteiger partial charge on any atom is 0.285 e. The summed E-state index contributed by atoms with van der Waals surface area (Å²) in [6.07, 6.45) is 8.96. The SMILES string of the molecule is Cc1cc([C@@H](C)Nc2ccc(Cl)nc2C(=O)NS(C)(=O)=O)c2nc(N3[C@@H]4CC[C@H]3CC(c3cnn(C)c3)C4)n(C)c(=O)c2c1. The summed E-state index contributed by atoms with van der Waals surface area (Å²) in [5.74, 6) is 0.163. The van der Waals surface area contributed by atoms with Gasteiger partial charge in [0.25, 0.3) is 11.5 Å². The van der Waals surface area contributed by atoms with Gasteiger partial charge in [-0.25, -0.2) is 23.1 Å². The van der Waals surface area contributed by atoms with Gasteiger partial charge in [0.15, 0.2) is 5.69 Å². The number of anilines is 2. The number of piperidine rings is 1. The molecule has 1 amide bonds. The highest BCUT2D eigenvalue weighted by Gasteiger charge is 2.43. The third-order valence-corrected chi connectivity index (χ3v) is 9.45. The molecule has 4 aromatic rings. The number of pyridine rings is 1. The first-order chi connectivity index (χ1) is 20.8. The number of aromatic nitrogens is 5. The lowest BCUT2D eigenvalue weighted by atomic mass is 9.87. The monoisotopic (exact) mass is 638 g/mol. The number of nitrogens with zero attached hydrogens (tertiary/aromatic N) is 6. The van der Waals surface area contributed by atoms with Crippen molar-refractivity contribution in [2.24, 2.45) is 14.1 Å². The summed E-state index contributed by atoms with van der Waals surface area (Å²) in [7, 11) is -0.109. The summed E-state index contributed by atoms with van der Waals surface area (Å²) in [6, 6.07) is 6.99. The van der Waals surface area contributed by atoms with Crippen molar-refractivity contribution in [3.8, 4) is 0 Å². The van der Waals surface area contributed by atoms with Crippen LogP contribution in [0.3, 0.4) is 0 Å². The fourth-order valence-corrected chi connectivity index (χ4v) is 7.36. The minimum Gasteiger partial charge on any atom is -0.377 e. The van der Waals surface area contributed by atoms with Crippen molar-refractivity contribution >= 4 is 50.1 Å². The van der Waals surface area contributed by atoms with Crippen LogP contribution in [0.25, 0.3) is 10.9 Å². The molecule has 3 aromatic heterocycles. The van der Waals surface area contributed by atoms with Crippen molar-refractivity contribution in [2.45, 2.75) is 63.6 Å². The third-order valence-electron chi connectivity index (χ3n) is 8.68. The predicted octanol–water partition coefficient (Wildman–Crippen LogP) is 3.80. The zero-order chi connectivity index (χ0) is 31.5. The van der Waals surface area contributed by atoms with E-state index in [1.165, 1.54) is 11.6 Å². The molecule has 1 unspecified atom stereocenters. The number of amides is 1. The van der Waals surface area contributed by atoms with E-state index in [1.807, 2.05) is 48.6 Å². The zero-order valence-corrected chi connectivity index (χ0v) is 26.8. The Kier molecular flexibility index (Phi) is 7.65. The first kappa shape index (κ1) is 30.1. The van der Waals surface area contributed by atoms with Gasteiger partial charge in [-0.1, -0.05) is 17.7 Å². The molecule has 2 saturated heterocycles. The Bertz CT molecular complexity index is 1940. The standard InChI is InChI=1S/C30H35ClN8O4S/c1-16-10-22(17(2)33-24-8-9-25(31)34-27(24)28(40)36-44(5,42)43)26-23(11-16)29(41)38(4)30(35-26)39-20-6-7-21(39)13-18(12-20)19-14-32-37(3)15-19/h8-11,14-15,17-18,20-21,33H,6-7,12-13H2,1-5H3,(H,36,40)/t17-,18?,20-,21+/m1/s1. The molecule has 2 aliphatic rings. The van der Waals surface area contributed by atoms with Crippen LogP contribution in [0.4, 0.5) is 11.6 Å². The van der Waals surface area contributed by atoms with Gasteiger partial charge in [0.2, 0.25) is 16.0 Å². The molecule has 12 nitrogen and oxygen atoms in total. The number of hydrogen-bond acceptors (Lipinski definition) is 9. The normalized spacial score (nSPS) is 20.6. The molecule has 0 saturated carbocycles. The number of carbonyl (C=O) groups is 1. The van der Waals surface area contributed by atoms with E-state index in [1.54, 1.807) is 17.7 Å². The lowest BCUT2D eigenvalue weighted by Crippen LogP contribution is -2.45. The van der Waals surface area contributed by atoms with E-state index in [0.717, 1.165) is 43.1 Å². The van der Waals surface area contributed by atoms with Crippen molar-refractivity contribution in [1.82, 2.24) is 29.0 Å². The second-order valence-electron chi connectivity index (χ2n) is 12.0. The van der Waals surface area contributed by atoms with Gasteiger partial charge in [-0.2, -0.15) is 5.10 Å². The summed E-state index contributed by atoms with van der Waals surface area (Å²) in [6.45, 7) is 3.81. The van der Waals surface area contributed by atoms with E-state index in [0.29, 0.717) is 22.8 Å². The number of nitrogens with one attached hydrogen (secondary N) is 2. The van der Waals surface area contributed by atoms with Gasteiger partial charge in [-0.05, 0) is 74.8 Å². The van der Waals surface area contributed by atoms with Gasteiger partial charge in [-0.15, -0.1) is 0 Å². The van der Waals surface area contributed by atoms with Crippen LogP contribution in [-0.2, 0) is 24.1 Å². The number of benzene rings is 1. The van der Waals surface area contributed by atoms with Gasteiger partial charge in [0.1, 0.15) is 5.15 Å². The molecule has 0 spiro atoms. The van der Waals surface area contributed by atoms with Crippen LogP contribution in [0, 0.1) is 6.92 Å². The van der Waals surface area contributed by atoms with E-state index in [4.69, 9.17) is 16.6 Å². The summed E-state index contributed by atoms with van der Waals surface area (Å²) in [4.78, 5) is 38.2. The predicted molar refractivity (Wildman–Crippen MR) is 170 cm³/mol. The maximum absolute atomic E-state index is 13.8. The highest BCUT2D eigenvalue weighted by molar-refractivity contribution is 7.89. The Hall–Kier alpha value is -3.97. The largest absolute Gasteiger partial charge is 0.377 e. The minimum atomic E-state index is -3.83. The summed E-state index contributed by atoms with van der Waals surface area (Å²) >= 11 is 6.06. The van der Waals surface area contributed by atoms with Gasteiger partial charge in [0, 0.05) is 37.9 Å². The molecular formula is C30H35ClN8O4S. The van der Waals surface area contributed by atoms with Crippen molar-refractivity contribution in [2.75, 3.05) is 16.5 Å². The quantitative estimate of drug-likeness (QED) is 0.289. The van der Waals surface area contributed by atoms with Crippen LogP contribution in [0.5, 0.6) is 0 Å². The first-order valence-corrected chi connectivity index (χ1v) is 16.8. The van der Waals surface area contributed by atoms with Crippen molar-refractivity contribution in [1.29, 1.82) is 0 Å². The molecule has 2 aliphatic heterocycles. The van der Waals surface area contributed by atoms with Crippen LogP contribution in [0.2, 0.25) is 5.15 Å². The molecule has 14 heteroatoms. The average Bonchev–Trinajstić information content (AvgIpc) is 3.49. The molecule has 5 heterocycles. The second kappa shape index (κ2) is 11.2. The zero-order valence-electron chi connectivity index (χ0n) is 25.2. The van der Waals surface area contributed by atoms with Crippen LogP contribution in [0.1, 0.15) is 71.7 Å². The molecular weight excluding hydrogens is 604 g/mol. The van der Waals surface area contributed by atoms with Gasteiger partial charge < -0.3 is 10.2 Å². The summed E-state index contributed by atoms with van der Waals surface area (Å²) < 4.78 is 28.9. The molecule has 2 N–H and O–H groups in total. The molecule has 0 radical (unpaired) electrons. The highest BCUT2D eigenvalue weighted by atomic mass is 35.5. The molecule has 2 bridgehead atoms. The van der Waals surface area contributed by atoms with Gasteiger partial charge in [0.05, 0.1) is 35.1 Å². The summed E-state index contributed by atoms with van der Waals surface area (Å²) in [5.41, 5.74) is 3.48. The first-order valence-electron chi connectivity index (χ1n) is 14.5. The molecule has 1 aromatic carbocycles. The fourth-order valence-electron chi connectivity index (χ4n) is 6.78. The van der Waals surface area contributed by atoms with E-state index < -0.39 is 22.0 Å². The Balaban J connectivity index is 1.38. The fraction of sp³-hybridized carbons (Fsp3) is 0.433. The van der Waals surface area contributed by atoms with Crippen molar-refractivity contribution < 1.29 is 13.2 Å². The Morgan fingerprint density at radius 2 is 1.82 bits per heavy atom. The van der Waals surface area contributed by atoms with E-state index in [2.05, 4.69) is 26.5 Å². The van der Waals surface area contributed by atoms with E-state index >= 15 is 0 Å². The lowest BCUT2D eigenvalue weighted by molar-refractivity contribution is 0.0977. The van der Waals surface area contributed by atoms with Crippen LogP contribution < -0.4 is 20.5 Å². The number of sulfonamides is 1. The summed E-state index contributed by atoms with van der Waals surface area (Å²) in [5, 5.41) is 8.20. The molecule has 0 aliphatic carbocycles. The topological polar surface area (TPSA) is 144 Å². The van der Waals surface area contributed by atoms with Crippen molar-refractivity contribution in [3.63, 3.8) is 0 Å². The average molecular weight is 639 g/mol. The Morgan fingerprint density at radius 3 is 2.45 bits per heavy atom. The van der Waals surface area contributed by atoms with Crippen LogP contribution >= 0.6 is 11.6 Å². The number of rotatable bonds is 7. The van der Waals surface area contributed by atoms with Gasteiger partial charge >= 0.3 is 0 Å². The maximum atomic E-state index is 13.8. The number of carbonyl (C=O) groups excluding carboxylic acids is 1. The molecule has 232 valence electrons. The molecule has 44 heavy (non-hydrogen) atoms. The Morgan fingerprint density at radius 1 is 1.11 bits per heavy atom. The number of halogens is 1. The Labute approximate surface area is 260 Å². The minimum absolute atomic E-state index is 0.0413. The number of fused-ring (bicyclic) bond motifs is 3. The number of hydrogen-bond donors (Lipinski definition) is 2. The smallest absolute Gasteiger partial charge is 0.285 e. The lowest BCUT2D eigenvalue weighted by Gasteiger charge is -2.40. The molecule has 2 fully saturated rings. The number of aryl methyl sites for hydroxylation is 2. The van der Waals surface area contributed by atoms with E-state index in [-0.39, 0.29) is 34.2 Å².